The first-order valence-electron chi connectivity index (χ1n) is 6.11. The zero-order valence-corrected chi connectivity index (χ0v) is 10.8. The molecule has 4 nitrogen and oxygen atoms in total. The fourth-order valence-electron chi connectivity index (χ4n) is 2.10. The number of carbonyl (C=O) groups is 1. The van der Waals surface area contributed by atoms with Gasteiger partial charge < -0.3 is 14.9 Å². The van der Waals surface area contributed by atoms with Crippen molar-refractivity contribution < 1.29 is 19.7 Å². The van der Waals surface area contributed by atoms with Crippen molar-refractivity contribution in [1.29, 1.82) is 0 Å². The first-order chi connectivity index (χ1) is 9.54. The number of aryl methyl sites for hydroxylation is 1. The third kappa shape index (κ3) is 2.01. The van der Waals surface area contributed by atoms with Gasteiger partial charge >= 0.3 is 0 Å². The van der Waals surface area contributed by atoms with E-state index < -0.39 is 0 Å². The number of hydrogen-bond donors (Lipinski definition) is 2. The van der Waals surface area contributed by atoms with E-state index in [1.807, 2.05) is 0 Å². The number of Topliss-reactive ketones (excluding diaryl/α,β-unsaturated/α-hetero) is 1. The number of phenolic OH excluding ortho intramolecular Hbond substituents is 2. The summed E-state index contributed by atoms with van der Waals surface area (Å²) in [5.41, 5.74) is 1.92. The Balaban J connectivity index is 1.99. The van der Waals surface area contributed by atoms with E-state index >= 15 is 0 Å². The lowest BCUT2D eigenvalue weighted by atomic mass is 10.1. The summed E-state index contributed by atoms with van der Waals surface area (Å²) in [5, 5.41) is 18.9. The lowest BCUT2D eigenvalue weighted by Gasteiger charge is -2.01. The van der Waals surface area contributed by atoms with Crippen LogP contribution in [0.2, 0.25) is 0 Å². The van der Waals surface area contributed by atoms with Crippen molar-refractivity contribution >= 4 is 11.9 Å². The van der Waals surface area contributed by atoms with Gasteiger partial charge in [-0.3, -0.25) is 4.79 Å². The third-order valence-electron chi connectivity index (χ3n) is 3.17. The quantitative estimate of drug-likeness (QED) is 0.780. The highest BCUT2D eigenvalue weighted by atomic mass is 16.5. The van der Waals surface area contributed by atoms with Crippen molar-refractivity contribution in [3.05, 3.63) is 58.8 Å². The molecule has 100 valence electrons. The van der Waals surface area contributed by atoms with Gasteiger partial charge in [0.2, 0.25) is 5.78 Å². The van der Waals surface area contributed by atoms with E-state index in [4.69, 9.17) is 4.74 Å². The minimum absolute atomic E-state index is 0.0540. The van der Waals surface area contributed by atoms with E-state index in [0.29, 0.717) is 11.3 Å². The second-order valence-electron chi connectivity index (χ2n) is 4.67. The van der Waals surface area contributed by atoms with Gasteiger partial charge in [-0.2, -0.15) is 0 Å². The number of phenols is 2. The van der Waals surface area contributed by atoms with Crippen LogP contribution in [0.15, 0.2) is 42.2 Å². The molecule has 4 heteroatoms. The molecule has 0 radical (unpaired) electrons. The summed E-state index contributed by atoms with van der Waals surface area (Å²) in [5.74, 6) is 0.607. The zero-order chi connectivity index (χ0) is 14.3. The summed E-state index contributed by atoms with van der Waals surface area (Å²) >= 11 is 0. The van der Waals surface area contributed by atoms with Gasteiger partial charge in [0, 0.05) is 6.07 Å². The molecule has 0 spiro atoms. The van der Waals surface area contributed by atoms with Crippen LogP contribution >= 0.6 is 0 Å². The predicted octanol–water partition coefficient (Wildman–Crippen LogP) is 3.02. The van der Waals surface area contributed by atoms with E-state index in [-0.39, 0.29) is 23.0 Å². The van der Waals surface area contributed by atoms with Crippen LogP contribution in [0.25, 0.3) is 6.08 Å². The molecule has 0 saturated heterocycles. The summed E-state index contributed by atoms with van der Waals surface area (Å²) in [6.07, 6.45) is 1.62. The Hall–Kier alpha value is -2.75. The van der Waals surface area contributed by atoms with Crippen LogP contribution in [0.3, 0.4) is 0 Å². The Morgan fingerprint density at radius 3 is 2.65 bits per heavy atom. The first-order valence-corrected chi connectivity index (χ1v) is 6.11. The largest absolute Gasteiger partial charge is 0.508 e. The Morgan fingerprint density at radius 1 is 1.10 bits per heavy atom. The van der Waals surface area contributed by atoms with Gasteiger partial charge in [0.25, 0.3) is 0 Å². The number of benzene rings is 2. The van der Waals surface area contributed by atoms with Gasteiger partial charge in [-0.25, -0.2) is 0 Å². The van der Waals surface area contributed by atoms with E-state index in [1.54, 1.807) is 31.2 Å². The van der Waals surface area contributed by atoms with Gasteiger partial charge in [0.15, 0.2) is 5.76 Å². The molecule has 0 aromatic heterocycles. The summed E-state index contributed by atoms with van der Waals surface area (Å²) in [6.45, 7) is 1.78. The topological polar surface area (TPSA) is 66.8 Å². The van der Waals surface area contributed by atoms with Gasteiger partial charge in [0.05, 0.1) is 5.56 Å². The molecule has 1 aliphatic heterocycles. The summed E-state index contributed by atoms with van der Waals surface area (Å²) in [7, 11) is 0. The highest BCUT2D eigenvalue weighted by molar-refractivity contribution is 6.14. The number of fused-ring (bicyclic) bond motifs is 1. The monoisotopic (exact) mass is 268 g/mol. The fourth-order valence-corrected chi connectivity index (χ4v) is 2.10. The van der Waals surface area contributed by atoms with Gasteiger partial charge in [0.1, 0.15) is 17.2 Å². The molecule has 0 fully saturated rings. The fraction of sp³-hybridized carbons (Fsp3) is 0.0625. The molecule has 1 aliphatic rings. The molecule has 3 rings (SSSR count). The van der Waals surface area contributed by atoms with Crippen LogP contribution < -0.4 is 4.74 Å². The van der Waals surface area contributed by atoms with Crippen molar-refractivity contribution in [3.8, 4) is 17.2 Å². The molecular formula is C16H12O4. The lowest BCUT2D eigenvalue weighted by Crippen LogP contribution is -1.98. The predicted molar refractivity (Wildman–Crippen MR) is 73.9 cm³/mol. The molecule has 20 heavy (non-hydrogen) atoms. The molecule has 0 aliphatic carbocycles. The number of carbonyl (C=O) groups excluding carboxylic acids is 1. The van der Waals surface area contributed by atoms with Crippen LogP contribution in [0.5, 0.6) is 17.2 Å². The Morgan fingerprint density at radius 2 is 1.90 bits per heavy atom. The third-order valence-corrected chi connectivity index (χ3v) is 3.17. The van der Waals surface area contributed by atoms with E-state index in [9.17, 15) is 15.0 Å². The number of allylic oxidation sites excluding steroid dienone is 1. The van der Waals surface area contributed by atoms with Crippen LogP contribution in [-0.2, 0) is 0 Å². The molecule has 0 saturated carbocycles. The molecule has 0 bridgehead atoms. The van der Waals surface area contributed by atoms with E-state index in [0.717, 1.165) is 11.1 Å². The molecular weight excluding hydrogens is 256 g/mol. The Kier molecular flexibility index (Phi) is 2.71. The second-order valence-corrected chi connectivity index (χ2v) is 4.67. The smallest absolute Gasteiger partial charge is 0.231 e. The minimum atomic E-state index is -0.217. The molecule has 2 aromatic carbocycles. The van der Waals surface area contributed by atoms with Crippen LogP contribution in [0.4, 0.5) is 0 Å². The van der Waals surface area contributed by atoms with E-state index in [1.165, 1.54) is 18.2 Å². The number of hydrogen-bond acceptors (Lipinski definition) is 4. The highest BCUT2D eigenvalue weighted by Gasteiger charge is 2.27. The molecule has 0 atom stereocenters. The average Bonchev–Trinajstić information content (AvgIpc) is 2.70. The maximum atomic E-state index is 12.1. The maximum Gasteiger partial charge on any atom is 0.231 e. The average molecular weight is 268 g/mol. The van der Waals surface area contributed by atoms with E-state index in [2.05, 4.69) is 0 Å². The molecule has 2 N–H and O–H groups in total. The van der Waals surface area contributed by atoms with Crippen LogP contribution in [-0.4, -0.2) is 16.0 Å². The van der Waals surface area contributed by atoms with Crippen molar-refractivity contribution in [2.45, 2.75) is 6.92 Å². The first kappa shape index (κ1) is 12.3. The van der Waals surface area contributed by atoms with Gasteiger partial charge in [-0.1, -0.05) is 6.07 Å². The number of ketones is 1. The highest BCUT2D eigenvalue weighted by Crippen LogP contribution is 2.34. The molecule has 2 aromatic rings. The molecule has 0 amide bonds. The lowest BCUT2D eigenvalue weighted by molar-refractivity contribution is 0.101. The summed E-state index contributed by atoms with van der Waals surface area (Å²) < 4.78 is 5.46. The van der Waals surface area contributed by atoms with Gasteiger partial charge in [-0.05, 0) is 48.4 Å². The standard InChI is InChI=1S/C16H12O4/c1-9-6-10(2-5-13(9)18)7-15-16(19)12-4-3-11(17)8-14(12)20-15/h2-8,17-18H,1H3/b15-7-. The number of ether oxygens (including phenoxy) is 1. The van der Waals surface area contributed by atoms with Crippen molar-refractivity contribution in [2.75, 3.05) is 0 Å². The molecule has 1 heterocycles. The number of rotatable bonds is 1. The Labute approximate surface area is 115 Å². The zero-order valence-electron chi connectivity index (χ0n) is 10.8. The number of aromatic hydroxyl groups is 2. The second kappa shape index (κ2) is 4.42. The van der Waals surface area contributed by atoms with Crippen molar-refractivity contribution in [1.82, 2.24) is 0 Å². The maximum absolute atomic E-state index is 12.1. The van der Waals surface area contributed by atoms with Crippen LogP contribution in [0, 0.1) is 6.92 Å². The normalized spacial score (nSPS) is 15.2. The van der Waals surface area contributed by atoms with Crippen LogP contribution in [0.1, 0.15) is 21.5 Å². The Bertz CT molecular complexity index is 744. The molecule has 0 unspecified atom stereocenters. The van der Waals surface area contributed by atoms with Crippen molar-refractivity contribution in [2.24, 2.45) is 0 Å². The van der Waals surface area contributed by atoms with Crippen molar-refractivity contribution in [3.63, 3.8) is 0 Å². The minimum Gasteiger partial charge on any atom is -0.508 e. The summed E-state index contributed by atoms with van der Waals surface area (Å²) in [6, 6.07) is 9.44. The van der Waals surface area contributed by atoms with Gasteiger partial charge in [-0.15, -0.1) is 0 Å². The summed E-state index contributed by atoms with van der Waals surface area (Å²) in [4.78, 5) is 12.1. The SMILES string of the molecule is Cc1cc(/C=C2\Oc3cc(O)ccc3C2=O)ccc1O.